The van der Waals surface area contributed by atoms with Crippen LogP contribution in [0.25, 0.3) is 0 Å². The van der Waals surface area contributed by atoms with Crippen LogP contribution in [0.5, 0.6) is 0 Å². The Labute approximate surface area is 108 Å². The van der Waals surface area contributed by atoms with E-state index in [0.29, 0.717) is 6.04 Å². The normalized spacial score (nSPS) is 13.2. The maximum Gasteiger partial charge on any atom is 0.138 e. The average molecular weight is 257 g/mol. The fourth-order valence-corrected chi connectivity index (χ4v) is 2.56. The summed E-state index contributed by atoms with van der Waals surface area (Å²) < 4.78 is 1.95. The molecule has 1 aromatic heterocycles. The smallest absolute Gasteiger partial charge is 0.138 e. The van der Waals surface area contributed by atoms with E-state index in [1.807, 2.05) is 16.4 Å². The summed E-state index contributed by atoms with van der Waals surface area (Å²) in [6, 6.07) is 0.600. The first-order valence-corrected chi connectivity index (χ1v) is 7.26. The molecular weight excluding hydrogens is 234 g/mol. The third-order valence-electron chi connectivity index (χ3n) is 2.47. The molecule has 3 N–H and O–H groups in total. The molecule has 0 fully saturated rings. The fourth-order valence-electron chi connectivity index (χ4n) is 1.61. The molecule has 17 heavy (non-hydrogen) atoms. The predicted molar refractivity (Wildman–Crippen MR) is 72.8 cm³/mol. The Morgan fingerprint density at radius 2 is 2.29 bits per heavy atom. The van der Waals surface area contributed by atoms with Gasteiger partial charge >= 0.3 is 0 Å². The Morgan fingerprint density at radius 1 is 1.53 bits per heavy atom. The van der Waals surface area contributed by atoms with Gasteiger partial charge in [-0.05, 0) is 26.0 Å². The van der Waals surface area contributed by atoms with Crippen molar-refractivity contribution >= 4 is 11.8 Å². The summed E-state index contributed by atoms with van der Waals surface area (Å²) in [6.07, 6.45) is 3.64. The van der Waals surface area contributed by atoms with E-state index in [4.69, 9.17) is 5.84 Å². The standard InChI is InChI=1S/C11H23N5S/c1-4-5-17-7-10(15-12)6-11-13-8-14-16(11)9(2)3/h8-10,15H,4-7,12H2,1-3H3. The maximum atomic E-state index is 5.58. The highest BCUT2D eigenvalue weighted by Gasteiger charge is 2.14. The molecule has 0 aliphatic heterocycles. The first-order valence-electron chi connectivity index (χ1n) is 6.11. The first-order chi connectivity index (χ1) is 8.19. The Bertz CT molecular complexity index is 313. The minimum Gasteiger partial charge on any atom is -0.271 e. The van der Waals surface area contributed by atoms with Crippen LogP contribution in [-0.4, -0.2) is 32.3 Å². The van der Waals surface area contributed by atoms with Gasteiger partial charge in [0.2, 0.25) is 0 Å². The largest absolute Gasteiger partial charge is 0.271 e. The molecule has 5 nitrogen and oxygen atoms in total. The summed E-state index contributed by atoms with van der Waals surface area (Å²) >= 11 is 1.92. The van der Waals surface area contributed by atoms with Gasteiger partial charge in [-0.3, -0.25) is 11.3 Å². The number of rotatable bonds is 8. The minimum atomic E-state index is 0.258. The van der Waals surface area contributed by atoms with E-state index in [9.17, 15) is 0 Å². The van der Waals surface area contributed by atoms with Crippen molar-refractivity contribution in [3.63, 3.8) is 0 Å². The summed E-state index contributed by atoms with van der Waals surface area (Å²) in [5.41, 5.74) is 2.86. The molecule has 6 heteroatoms. The highest BCUT2D eigenvalue weighted by molar-refractivity contribution is 7.99. The topological polar surface area (TPSA) is 68.8 Å². The lowest BCUT2D eigenvalue weighted by Crippen LogP contribution is -2.39. The number of hydrazine groups is 1. The van der Waals surface area contributed by atoms with Gasteiger partial charge in [0.05, 0.1) is 0 Å². The van der Waals surface area contributed by atoms with Gasteiger partial charge in [0.25, 0.3) is 0 Å². The van der Waals surface area contributed by atoms with Crippen LogP contribution in [0.2, 0.25) is 0 Å². The highest BCUT2D eigenvalue weighted by atomic mass is 32.2. The van der Waals surface area contributed by atoms with Gasteiger partial charge in [-0.2, -0.15) is 16.9 Å². The van der Waals surface area contributed by atoms with Crippen molar-refractivity contribution in [2.24, 2.45) is 5.84 Å². The van der Waals surface area contributed by atoms with Crippen LogP contribution in [-0.2, 0) is 6.42 Å². The van der Waals surface area contributed by atoms with Crippen molar-refractivity contribution in [1.29, 1.82) is 0 Å². The van der Waals surface area contributed by atoms with Gasteiger partial charge in [-0.15, -0.1) is 0 Å². The minimum absolute atomic E-state index is 0.258. The second kappa shape index (κ2) is 7.68. The molecule has 0 aliphatic rings. The lowest BCUT2D eigenvalue weighted by molar-refractivity contribution is 0.477. The Balaban J connectivity index is 2.51. The second-order valence-electron chi connectivity index (χ2n) is 4.36. The van der Waals surface area contributed by atoms with Gasteiger partial charge in [-0.25, -0.2) is 9.67 Å². The van der Waals surface area contributed by atoms with Crippen molar-refractivity contribution < 1.29 is 0 Å². The molecule has 0 bridgehead atoms. The highest BCUT2D eigenvalue weighted by Crippen LogP contribution is 2.11. The number of thioether (sulfide) groups is 1. The molecule has 0 amide bonds. The van der Waals surface area contributed by atoms with E-state index in [0.717, 1.165) is 18.0 Å². The number of aromatic nitrogens is 3. The third kappa shape index (κ3) is 4.65. The lowest BCUT2D eigenvalue weighted by atomic mass is 10.2. The lowest BCUT2D eigenvalue weighted by Gasteiger charge is -2.16. The van der Waals surface area contributed by atoms with Crippen molar-refractivity contribution in [3.8, 4) is 0 Å². The molecule has 0 saturated carbocycles. The summed E-state index contributed by atoms with van der Waals surface area (Å²) in [4.78, 5) is 4.30. The zero-order valence-corrected chi connectivity index (χ0v) is 11.7. The van der Waals surface area contributed by atoms with Crippen molar-refractivity contribution in [2.75, 3.05) is 11.5 Å². The molecule has 0 saturated heterocycles. The van der Waals surface area contributed by atoms with Gasteiger partial charge in [-0.1, -0.05) is 6.92 Å². The Morgan fingerprint density at radius 3 is 2.88 bits per heavy atom. The summed E-state index contributed by atoms with van der Waals surface area (Å²) in [5.74, 6) is 8.76. The zero-order chi connectivity index (χ0) is 12.7. The van der Waals surface area contributed by atoms with Crippen LogP contribution in [0.15, 0.2) is 6.33 Å². The molecule has 0 radical (unpaired) electrons. The number of hydrogen-bond acceptors (Lipinski definition) is 5. The zero-order valence-electron chi connectivity index (χ0n) is 10.9. The number of nitrogens with zero attached hydrogens (tertiary/aromatic N) is 3. The molecule has 1 aromatic rings. The second-order valence-corrected chi connectivity index (χ2v) is 5.51. The first kappa shape index (κ1) is 14.5. The van der Waals surface area contributed by atoms with E-state index < -0.39 is 0 Å². The van der Waals surface area contributed by atoms with Gasteiger partial charge in [0, 0.05) is 24.3 Å². The molecule has 0 aliphatic carbocycles. The van der Waals surface area contributed by atoms with Crippen LogP contribution in [0.1, 0.15) is 39.1 Å². The summed E-state index contributed by atoms with van der Waals surface area (Å²) in [7, 11) is 0. The molecule has 1 atom stereocenters. The Hall–Kier alpha value is -0.590. The van der Waals surface area contributed by atoms with Crippen LogP contribution in [0, 0.1) is 0 Å². The Kier molecular flexibility index (Phi) is 6.54. The van der Waals surface area contributed by atoms with Crippen LogP contribution in [0.4, 0.5) is 0 Å². The average Bonchev–Trinajstić information content (AvgIpc) is 2.76. The third-order valence-corrected chi connectivity index (χ3v) is 3.80. The predicted octanol–water partition coefficient (Wildman–Crippen LogP) is 1.38. The maximum absolute atomic E-state index is 5.58. The van der Waals surface area contributed by atoms with Gasteiger partial charge < -0.3 is 0 Å². The van der Waals surface area contributed by atoms with Gasteiger partial charge in [0.1, 0.15) is 12.2 Å². The SMILES string of the molecule is CCCSCC(Cc1ncnn1C(C)C)NN. The van der Waals surface area contributed by atoms with Crippen LogP contribution >= 0.6 is 11.8 Å². The van der Waals surface area contributed by atoms with E-state index >= 15 is 0 Å². The van der Waals surface area contributed by atoms with Crippen LogP contribution in [0.3, 0.4) is 0 Å². The summed E-state index contributed by atoms with van der Waals surface area (Å²) in [6.45, 7) is 6.40. The molecule has 98 valence electrons. The van der Waals surface area contributed by atoms with Crippen molar-refractivity contribution in [1.82, 2.24) is 20.2 Å². The van der Waals surface area contributed by atoms with Crippen LogP contribution < -0.4 is 11.3 Å². The number of hydrogen-bond donors (Lipinski definition) is 2. The molecule has 1 rings (SSSR count). The van der Waals surface area contributed by atoms with E-state index in [-0.39, 0.29) is 6.04 Å². The molecule has 0 spiro atoms. The molecule has 0 aromatic carbocycles. The number of nitrogens with one attached hydrogen (secondary N) is 1. The summed E-state index contributed by atoms with van der Waals surface area (Å²) in [5, 5.41) is 4.23. The molecule has 1 unspecified atom stereocenters. The number of nitrogens with two attached hydrogens (primary N) is 1. The van der Waals surface area contributed by atoms with Gasteiger partial charge in [0.15, 0.2) is 0 Å². The molecule has 1 heterocycles. The fraction of sp³-hybridized carbons (Fsp3) is 0.818. The van der Waals surface area contributed by atoms with E-state index in [1.165, 1.54) is 12.2 Å². The quantitative estimate of drug-likeness (QED) is 0.418. The van der Waals surface area contributed by atoms with E-state index in [1.54, 1.807) is 6.33 Å². The monoisotopic (exact) mass is 257 g/mol. The molecular formula is C11H23N5S. The van der Waals surface area contributed by atoms with Crippen molar-refractivity contribution in [2.45, 2.75) is 45.7 Å². The van der Waals surface area contributed by atoms with E-state index in [2.05, 4.69) is 36.3 Å². The van der Waals surface area contributed by atoms with Crippen molar-refractivity contribution in [3.05, 3.63) is 12.2 Å².